The topological polar surface area (TPSA) is 82.0 Å². The second-order valence-electron chi connectivity index (χ2n) is 3.17. The highest BCUT2D eigenvalue weighted by atomic mass is 16.4. The molecule has 0 aliphatic carbocycles. The molecule has 0 radical (unpaired) electrons. The zero-order valence-electron chi connectivity index (χ0n) is 9.33. The van der Waals surface area contributed by atoms with Crippen molar-refractivity contribution in [1.82, 2.24) is 5.32 Å². The third-order valence-corrected chi connectivity index (χ3v) is 2.02. The number of hydrogen-bond donors (Lipinski definition) is 2. The zero-order chi connectivity index (χ0) is 12.7. The highest BCUT2D eigenvalue weighted by molar-refractivity contribution is 6.15. The Bertz CT molecular complexity index is 417. The molecule has 17 heavy (non-hydrogen) atoms. The van der Waals surface area contributed by atoms with Gasteiger partial charge in [-0.25, -0.2) is 9.69 Å². The summed E-state index contributed by atoms with van der Waals surface area (Å²) in [5.41, 5.74) is 0.547. The number of carbonyl (C=O) groups excluding carboxylic acids is 2. The molecule has 0 atom stereocenters. The molecular formula is C11H13N3O3. The molecule has 0 saturated carbocycles. The van der Waals surface area contributed by atoms with E-state index in [-0.39, 0.29) is 12.4 Å². The fourth-order valence-electron chi connectivity index (χ4n) is 1.28. The second-order valence-corrected chi connectivity index (χ2v) is 3.17. The Hall–Kier alpha value is -2.37. The summed E-state index contributed by atoms with van der Waals surface area (Å²) in [6, 6.07) is 8.15. The van der Waals surface area contributed by atoms with Gasteiger partial charge in [-0.1, -0.05) is 23.4 Å². The summed E-state index contributed by atoms with van der Waals surface area (Å²) >= 11 is 0. The maximum absolute atomic E-state index is 11.8. The van der Waals surface area contributed by atoms with Crippen LogP contribution in [0.2, 0.25) is 0 Å². The van der Waals surface area contributed by atoms with Gasteiger partial charge in [-0.3, -0.25) is 0 Å². The van der Waals surface area contributed by atoms with Crippen LogP contribution in [0.3, 0.4) is 0 Å². The van der Waals surface area contributed by atoms with Gasteiger partial charge < -0.3 is 15.3 Å². The smallest absolute Gasteiger partial charge is 0.327 e. The third-order valence-electron chi connectivity index (χ3n) is 2.02. The number of amides is 2. The van der Waals surface area contributed by atoms with Gasteiger partial charge in [-0.2, -0.15) is 0 Å². The minimum absolute atomic E-state index is 0.0964. The van der Waals surface area contributed by atoms with Crippen LogP contribution in [0.4, 0.5) is 10.5 Å². The van der Waals surface area contributed by atoms with Gasteiger partial charge in [0.2, 0.25) is 0 Å². The average molecular weight is 235 g/mol. The number of urea groups is 1. The number of aldehydes is 1. The first-order valence-electron chi connectivity index (χ1n) is 4.96. The largest absolute Gasteiger partial charge is 0.409 e. The number of carbonyl (C=O) groups is 2. The van der Waals surface area contributed by atoms with E-state index in [1.807, 2.05) is 0 Å². The molecule has 0 unspecified atom stereocenters. The van der Waals surface area contributed by atoms with E-state index >= 15 is 0 Å². The molecule has 1 aromatic rings. The Morgan fingerprint density at radius 2 is 2.12 bits per heavy atom. The first-order chi connectivity index (χ1) is 8.20. The van der Waals surface area contributed by atoms with Gasteiger partial charge >= 0.3 is 6.03 Å². The van der Waals surface area contributed by atoms with Gasteiger partial charge in [0.25, 0.3) is 0 Å². The van der Waals surface area contributed by atoms with Crippen LogP contribution in [0.25, 0.3) is 0 Å². The molecule has 0 aliphatic rings. The molecular weight excluding hydrogens is 222 g/mol. The molecule has 0 aliphatic heterocycles. The number of oxime groups is 1. The van der Waals surface area contributed by atoms with Crippen molar-refractivity contribution in [2.24, 2.45) is 5.16 Å². The lowest BCUT2D eigenvalue weighted by Crippen LogP contribution is -2.43. The van der Waals surface area contributed by atoms with Crippen molar-refractivity contribution in [2.75, 3.05) is 11.4 Å². The number of rotatable bonds is 3. The van der Waals surface area contributed by atoms with Crippen molar-refractivity contribution in [3.63, 3.8) is 0 Å². The number of nitrogens with one attached hydrogen (secondary N) is 1. The highest BCUT2D eigenvalue weighted by Gasteiger charge is 2.18. The quantitative estimate of drug-likeness (QED) is 0.271. The Kier molecular flexibility index (Phi) is 4.68. The van der Waals surface area contributed by atoms with Crippen LogP contribution in [0.15, 0.2) is 35.5 Å². The molecule has 0 aromatic heterocycles. The molecule has 0 heterocycles. The molecule has 1 rings (SSSR count). The summed E-state index contributed by atoms with van der Waals surface area (Å²) in [4.78, 5) is 23.1. The highest BCUT2D eigenvalue weighted by Crippen LogP contribution is 2.13. The average Bonchev–Trinajstić information content (AvgIpc) is 2.37. The van der Waals surface area contributed by atoms with Crippen molar-refractivity contribution in [3.8, 4) is 0 Å². The first kappa shape index (κ1) is 12.7. The van der Waals surface area contributed by atoms with Gasteiger partial charge in [0, 0.05) is 0 Å². The van der Waals surface area contributed by atoms with Crippen LogP contribution in [-0.4, -0.2) is 29.9 Å². The molecule has 0 bridgehead atoms. The van der Waals surface area contributed by atoms with E-state index in [1.54, 1.807) is 30.3 Å². The molecule has 0 fully saturated rings. The SMILES string of the molecule is C/C(=N\O)N(C(=O)NCC=O)c1ccccc1. The summed E-state index contributed by atoms with van der Waals surface area (Å²) in [6.07, 6.45) is 0.576. The molecule has 6 nitrogen and oxygen atoms in total. The monoisotopic (exact) mass is 235 g/mol. The Morgan fingerprint density at radius 3 is 2.65 bits per heavy atom. The molecule has 0 saturated heterocycles. The van der Waals surface area contributed by atoms with E-state index in [2.05, 4.69) is 10.5 Å². The standard InChI is InChI=1S/C11H13N3O3/c1-9(13-17)14(11(16)12-7-8-15)10-5-3-2-4-6-10/h2-6,8,17H,7H2,1H3,(H,12,16)/b13-9+. The predicted molar refractivity (Wildman–Crippen MR) is 63.3 cm³/mol. The van der Waals surface area contributed by atoms with Crippen LogP contribution in [-0.2, 0) is 4.79 Å². The molecule has 0 spiro atoms. The van der Waals surface area contributed by atoms with E-state index in [0.717, 1.165) is 0 Å². The minimum atomic E-state index is -0.529. The van der Waals surface area contributed by atoms with Crippen LogP contribution in [0.5, 0.6) is 0 Å². The number of hydrogen-bond acceptors (Lipinski definition) is 4. The van der Waals surface area contributed by atoms with Crippen molar-refractivity contribution in [3.05, 3.63) is 30.3 Å². The fraction of sp³-hybridized carbons (Fsp3) is 0.182. The van der Waals surface area contributed by atoms with E-state index in [1.165, 1.54) is 11.8 Å². The lowest BCUT2D eigenvalue weighted by Gasteiger charge is -2.21. The van der Waals surface area contributed by atoms with Crippen molar-refractivity contribution >= 4 is 23.8 Å². The van der Waals surface area contributed by atoms with Crippen LogP contribution < -0.4 is 10.2 Å². The van der Waals surface area contributed by atoms with Gasteiger partial charge in [-0.05, 0) is 19.1 Å². The first-order valence-corrected chi connectivity index (χ1v) is 4.96. The van der Waals surface area contributed by atoms with Gasteiger partial charge in [-0.15, -0.1) is 0 Å². The molecule has 90 valence electrons. The number of nitrogens with zero attached hydrogens (tertiary/aromatic N) is 2. The predicted octanol–water partition coefficient (Wildman–Crippen LogP) is 1.21. The number of amidine groups is 1. The van der Waals surface area contributed by atoms with Crippen molar-refractivity contribution < 1.29 is 14.8 Å². The van der Waals surface area contributed by atoms with Crippen LogP contribution >= 0.6 is 0 Å². The third kappa shape index (κ3) is 3.30. The normalized spacial score (nSPS) is 10.8. The van der Waals surface area contributed by atoms with Crippen LogP contribution in [0.1, 0.15) is 6.92 Å². The van der Waals surface area contributed by atoms with E-state index in [9.17, 15) is 9.59 Å². The lowest BCUT2D eigenvalue weighted by atomic mass is 10.3. The van der Waals surface area contributed by atoms with E-state index < -0.39 is 6.03 Å². The molecule has 1 aromatic carbocycles. The summed E-state index contributed by atoms with van der Waals surface area (Å²) in [5, 5.41) is 14.1. The van der Waals surface area contributed by atoms with Crippen molar-refractivity contribution in [2.45, 2.75) is 6.92 Å². The summed E-state index contributed by atoms with van der Waals surface area (Å²) in [7, 11) is 0. The molecule has 2 N–H and O–H groups in total. The van der Waals surface area contributed by atoms with E-state index in [4.69, 9.17) is 5.21 Å². The second kappa shape index (κ2) is 6.26. The van der Waals surface area contributed by atoms with Crippen LogP contribution in [0, 0.1) is 0 Å². The maximum atomic E-state index is 11.8. The summed E-state index contributed by atoms with van der Waals surface area (Å²) < 4.78 is 0. The Balaban J connectivity index is 2.97. The number of benzene rings is 1. The van der Waals surface area contributed by atoms with Gasteiger partial charge in [0.15, 0.2) is 5.84 Å². The minimum Gasteiger partial charge on any atom is -0.409 e. The summed E-state index contributed by atoms with van der Waals surface area (Å²) in [6.45, 7) is 1.38. The fourth-order valence-corrected chi connectivity index (χ4v) is 1.28. The van der Waals surface area contributed by atoms with Gasteiger partial charge in [0.1, 0.15) is 6.29 Å². The molecule has 6 heteroatoms. The zero-order valence-corrected chi connectivity index (χ0v) is 9.33. The Labute approximate surface area is 98.5 Å². The summed E-state index contributed by atoms with van der Waals surface area (Å²) in [5.74, 6) is 0.111. The number of anilines is 1. The lowest BCUT2D eigenvalue weighted by molar-refractivity contribution is -0.107. The van der Waals surface area contributed by atoms with Gasteiger partial charge in [0.05, 0.1) is 12.2 Å². The van der Waals surface area contributed by atoms with Crippen molar-refractivity contribution in [1.29, 1.82) is 0 Å². The maximum Gasteiger partial charge on any atom is 0.327 e. The molecule has 2 amide bonds. The number of para-hydroxylation sites is 1. The Morgan fingerprint density at radius 1 is 1.47 bits per heavy atom. The van der Waals surface area contributed by atoms with E-state index in [0.29, 0.717) is 12.0 Å².